The summed E-state index contributed by atoms with van der Waals surface area (Å²) in [6.45, 7) is 13.8. The van der Waals surface area contributed by atoms with E-state index in [4.69, 9.17) is 10.1 Å². The van der Waals surface area contributed by atoms with E-state index in [9.17, 15) is 4.79 Å². The Bertz CT molecular complexity index is 1090. The third-order valence-electron chi connectivity index (χ3n) is 5.35. The largest absolute Gasteiger partial charge is 0.348 e. The molecule has 0 unspecified atom stereocenters. The number of amides is 1. The van der Waals surface area contributed by atoms with Crippen molar-refractivity contribution in [2.75, 3.05) is 14.1 Å². The van der Waals surface area contributed by atoms with Crippen LogP contribution in [0.15, 0.2) is 30.3 Å². The maximum absolute atomic E-state index is 13.4. The molecule has 6 nitrogen and oxygen atoms in total. The van der Waals surface area contributed by atoms with Gasteiger partial charge in [0.1, 0.15) is 0 Å². The van der Waals surface area contributed by atoms with Crippen LogP contribution in [0.3, 0.4) is 0 Å². The lowest BCUT2D eigenvalue weighted by Crippen LogP contribution is -2.26. The van der Waals surface area contributed by atoms with Crippen LogP contribution in [-0.4, -0.2) is 39.7 Å². The first-order chi connectivity index (χ1) is 14.5. The van der Waals surface area contributed by atoms with Crippen molar-refractivity contribution in [1.29, 1.82) is 0 Å². The van der Waals surface area contributed by atoms with Gasteiger partial charge >= 0.3 is 0 Å². The molecular weight excluding hydrogens is 386 g/mol. The minimum Gasteiger partial charge on any atom is -0.348 e. The topological polar surface area (TPSA) is 63.1 Å². The molecule has 0 saturated heterocycles. The van der Waals surface area contributed by atoms with Gasteiger partial charge in [-0.3, -0.25) is 4.79 Å². The highest BCUT2D eigenvalue weighted by atomic mass is 16.1. The molecule has 2 heterocycles. The maximum atomic E-state index is 13.4. The number of carbonyl (C=O) groups excluding carboxylic acids is 1. The summed E-state index contributed by atoms with van der Waals surface area (Å²) < 4.78 is 1.94. The molecule has 1 N–H and O–H groups in total. The zero-order valence-corrected chi connectivity index (χ0v) is 20.1. The summed E-state index contributed by atoms with van der Waals surface area (Å²) in [5, 5.41) is 8.71. The van der Waals surface area contributed by atoms with Crippen LogP contribution < -0.4 is 5.32 Å². The standard InChI is InChI=1S/C25H35N5O/c1-16(2)21-13-20(22-17(3)28-30(23(22)27-21)25(4,5)6)24(31)26-14-18-11-9-10-12-19(18)15-29(7)8/h9-13,16H,14-15H2,1-8H3,(H,26,31). The van der Waals surface area contributed by atoms with Gasteiger partial charge in [0.15, 0.2) is 5.65 Å². The second kappa shape index (κ2) is 8.79. The number of nitrogens with one attached hydrogen (secondary N) is 1. The second-order valence-corrected chi connectivity index (χ2v) is 9.81. The number of nitrogens with zero attached hydrogens (tertiary/aromatic N) is 4. The third kappa shape index (κ3) is 4.96. The van der Waals surface area contributed by atoms with Gasteiger partial charge in [-0.2, -0.15) is 5.10 Å². The van der Waals surface area contributed by atoms with E-state index in [0.717, 1.165) is 34.5 Å². The van der Waals surface area contributed by atoms with E-state index in [1.54, 1.807) is 0 Å². The van der Waals surface area contributed by atoms with E-state index in [1.165, 1.54) is 5.56 Å². The fraction of sp³-hybridized carbons (Fsp3) is 0.480. The van der Waals surface area contributed by atoms with Crippen molar-refractivity contribution in [3.05, 3.63) is 58.4 Å². The Morgan fingerprint density at radius 1 is 1.16 bits per heavy atom. The number of rotatable bonds is 6. The second-order valence-electron chi connectivity index (χ2n) is 9.81. The molecule has 0 aliphatic carbocycles. The molecule has 1 amide bonds. The lowest BCUT2D eigenvalue weighted by atomic mass is 10.0. The lowest BCUT2D eigenvalue weighted by molar-refractivity contribution is 0.0952. The van der Waals surface area contributed by atoms with Crippen molar-refractivity contribution in [2.24, 2.45) is 0 Å². The van der Waals surface area contributed by atoms with Crippen LogP contribution in [0.4, 0.5) is 0 Å². The quantitative estimate of drug-likeness (QED) is 0.631. The Balaban J connectivity index is 2.01. The number of carbonyl (C=O) groups is 1. The molecule has 0 aliphatic heterocycles. The van der Waals surface area contributed by atoms with Crippen LogP contribution in [-0.2, 0) is 18.6 Å². The van der Waals surface area contributed by atoms with E-state index in [1.807, 2.05) is 43.9 Å². The summed E-state index contributed by atoms with van der Waals surface area (Å²) in [5.74, 6) is 0.117. The Hall–Kier alpha value is -2.73. The van der Waals surface area contributed by atoms with E-state index in [-0.39, 0.29) is 17.4 Å². The molecule has 1 aromatic carbocycles. The van der Waals surface area contributed by atoms with Crippen LogP contribution in [0.2, 0.25) is 0 Å². The molecule has 31 heavy (non-hydrogen) atoms. The highest BCUT2D eigenvalue weighted by Gasteiger charge is 2.25. The van der Waals surface area contributed by atoms with Crippen molar-refractivity contribution in [3.8, 4) is 0 Å². The van der Waals surface area contributed by atoms with Gasteiger partial charge < -0.3 is 10.2 Å². The van der Waals surface area contributed by atoms with E-state index in [2.05, 4.69) is 57.0 Å². The number of aryl methyl sites for hydroxylation is 1. The predicted octanol–water partition coefficient (Wildman–Crippen LogP) is 4.61. The molecule has 0 spiro atoms. The zero-order chi connectivity index (χ0) is 22.9. The minimum atomic E-state index is -0.228. The molecule has 166 valence electrons. The van der Waals surface area contributed by atoms with E-state index in [0.29, 0.717) is 12.1 Å². The summed E-state index contributed by atoms with van der Waals surface area (Å²) in [4.78, 5) is 20.4. The summed E-state index contributed by atoms with van der Waals surface area (Å²) in [7, 11) is 4.10. The van der Waals surface area contributed by atoms with Crippen LogP contribution in [0.25, 0.3) is 11.0 Å². The average molecular weight is 422 g/mol. The van der Waals surface area contributed by atoms with Gasteiger partial charge in [-0.25, -0.2) is 9.67 Å². The molecular formula is C25H35N5O. The van der Waals surface area contributed by atoms with Gasteiger partial charge in [0.05, 0.1) is 22.2 Å². The normalized spacial score (nSPS) is 12.2. The molecule has 2 aromatic heterocycles. The van der Waals surface area contributed by atoms with Gasteiger partial charge in [0, 0.05) is 18.8 Å². The predicted molar refractivity (Wildman–Crippen MR) is 126 cm³/mol. The number of hydrogen-bond donors (Lipinski definition) is 1. The summed E-state index contributed by atoms with van der Waals surface area (Å²) in [6, 6.07) is 10.2. The number of pyridine rings is 1. The first-order valence-corrected chi connectivity index (χ1v) is 10.9. The smallest absolute Gasteiger partial charge is 0.252 e. The van der Waals surface area contributed by atoms with E-state index >= 15 is 0 Å². The molecule has 3 aromatic rings. The fourth-order valence-corrected chi connectivity index (χ4v) is 3.75. The molecule has 0 aliphatic rings. The van der Waals surface area contributed by atoms with Crippen LogP contribution >= 0.6 is 0 Å². The maximum Gasteiger partial charge on any atom is 0.252 e. The Kier molecular flexibility index (Phi) is 6.51. The number of benzene rings is 1. The van der Waals surface area contributed by atoms with Gasteiger partial charge in [0.2, 0.25) is 0 Å². The average Bonchev–Trinajstić information content (AvgIpc) is 3.03. The van der Waals surface area contributed by atoms with Gasteiger partial charge in [-0.1, -0.05) is 38.1 Å². The van der Waals surface area contributed by atoms with Crippen LogP contribution in [0.1, 0.15) is 73.4 Å². The Morgan fingerprint density at radius 3 is 2.39 bits per heavy atom. The highest BCUT2D eigenvalue weighted by molar-refractivity contribution is 6.06. The highest BCUT2D eigenvalue weighted by Crippen LogP contribution is 2.29. The number of aromatic nitrogens is 3. The van der Waals surface area contributed by atoms with Crippen molar-refractivity contribution in [1.82, 2.24) is 25.0 Å². The monoisotopic (exact) mass is 421 g/mol. The van der Waals surface area contributed by atoms with Gasteiger partial charge in [0.25, 0.3) is 5.91 Å². The molecule has 6 heteroatoms. The number of hydrogen-bond acceptors (Lipinski definition) is 4. The summed E-state index contributed by atoms with van der Waals surface area (Å²) in [5.41, 5.74) is 5.25. The Labute approximate surface area is 185 Å². The first kappa shape index (κ1) is 22.9. The summed E-state index contributed by atoms with van der Waals surface area (Å²) in [6.07, 6.45) is 0. The van der Waals surface area contributed by atoms with Crippen molar-refractivity contribution in [2.45, 2.75) is 66.1 Å². The van der Waals surface area contributed by atoms with Gasteiger partial charge in [-0.05, 0) is 64.9 Å². The minimum absolute atomic E-state index is 0.0921. The van der Waals surface area contributed by atoms with Crippen molar-refractivity contribution < 1.29 is 4.79 Å². The molecule has 0 bridgehead atoms. The zero-order valence-electron chi connectivity index (χ0n) is 20.1. The van der Waals surface area contributed by atoms with Crippen molar-refractivity contribution >= 4 is 16.9 Å². The molecule has 0 radical (unpaired) electrons. The molecule has 3 rings (SSSR count). The molecule has 0 saturated carbocycles. The van der Waals surface area contributed by atoms with Crippen LogP contribution in [0.5, 0.6) is 0 Å². The van der Waals surface area contributed by atoms with Gasteiger partial charge in [-0.15, -0.1) is 0 Å². The summed E-state index contributed by atoms with van der Waals surface area (Å²) >= 11 is 0. The van der Waals surface area contributed by atoms with E-state index < -0.39 is 0 Å². The first-order valence-electron chi connectivity index (χ1n) is 10.9. The third-order valence-corrected chi connectivity index (χ3v) is 5.35. The SMILES string of the molecule is Cc1nn(C(C)(C)C)c2nc(C(C)C)cc(C(=O)NCc3ccccc3CN(C)C)c12. The lowest BCUT2D eigenvalue weighted by Gasteiger charge is -2.20. The Morgan fingerprint density at radius 2 is 1.81 bits per heavy atom. The molecule has 0 fully saturated rings. The fourth-order valence-electron chi connectivity index (χ4n) is 3.75. The van der Waals surface area contributed by atoms with Crippen molar-refractivity contribution in [3.63, 3.8) is 0 Å². The number of fused-ring (bicyclic) bond motifs is 1. The molecule has 0 atom stereocenters. The van der Waals surface area contributed by atoms with Crippen LogP contribution in [0, 0.1) is 6.92 Å².